The first-order valence-corrected chi connectivity index (χ1v) is 8.96. The number of benzene rings is 1. The lowest BCUT2D eigenvalue weighted by Crippen LogP contribution is -2.14. The lowest BCUT2D eigenvalue weighted by molar-refractivity contribution is 0.102. The Morgan fingerprint density at radius 1 is 1.28 bits per heavy atom. The van der Waals surface area contributed by atoms with Crippen LogP contribution in [-0.2, 0) is 13.1 Å². The maximum Gasteiger partial charge on any atom is 0.278 e. The van der Waals surface area contributed by atoms with Crippen molar-refractivity contribution in [2.75, 3.05) is 5.32 Å². The normalized spacial score (nSPS) is 10.9. The lowest BCUT2D eigenvalue weighted by atomic mass is 10.2. The maximum absolute atomic E-state index is 12.4. The summed E-state index contributed by atoms with van der Waals surface area (Å²) >= 11 is 9.27. The highest BCUT2D eigenvalue weighted by molar-refractivity contribution is 9.10. The SMILES string of the molecule is CCn1cc(Br)c(C(=O)Nc2cc(C)n(Cc3ccc(Cl)cc3)n2)n1. The van der Waals surface area contributed by atoms with Gasteiger partial charge >= 0.3 is 0 Å². The van der Waals surface area contributed by atoms with E-state index in [-0.39, 0.29) is 5.91 Å². The number of carbonyl (C=O) groups excluding carboxylic acids is 1. The molecule has 1 aromatic carbocycles. The second kappa shape index (κ2) is 7.41. The Kier molecular flexibility index (Phi) is 5.24. The van der Waals surface area contributed by atoms with Crippen LogP contribution in [0.3, 0.4) is 0 Å². The Bertz CT molecular complexity index is 900. The lowest BCUT2D eigenvalue weighted by Gasteiger charge is -2.04. The Balaban J connectivity index is 1.74. The topological polar surface area (TPSA) is 64.7 Å². The van der Waals surface area contributed by atoms with Crippen molar-refractivity contribution in [1.82, 2.24) is 19.6 Å². The Hall–Kier alpha value is -2.12. The van der Waals surface area contributed by atoms with Gasteiger partial charge in [-0.2, -0.15) is 10.2 Å². The summed E-state index contributed by atoms with van der Waals surface area (Å²) in [6.07, 6.45) is 1.78. The number of nitrogens with one attached hydrogen (secondary N) is 1. The molecule has 25 heavy (non-hydrogen) atoms. The molecule has 0 fully saturated rings. The van der Waals surface area contributed by atoms with Gasteiger partial charge in [-0.15, -0.1) is 0 Å². The van der Waals surface area contributed by atoms with Crippen molar-refractivity contribution >= 4 is 39.3 Å². The zero-order valence-electron chi connectivity index (χ0n) is 13.8. The Morgan fingerprint density at radius 3 is 2.64 bits per heavy atom. The van der Waals surface area contributed by atoms with Crippen molar-refractivity contribution in [1.29, 1.82) is 0 Å². The molecule has 2 aromatic heterocycles. The molecule has 1 amide bonds. The van der Waals surface area contributed by atoms with Crippen molar-refractivity contribution in [3.63, 3.8) is 0 Å². The minimum Gasteiger partial charge on any atom is -0.304 e. The second-order valence-corrected chi connectivity index (χ2v) is 6.88. The fraction of sp³-hybridized carbons (Fsp3) is 0.235. The first-order valence-electron chi connectivity index (χ1n) is 7.79. The minimum atomic E-state index is -0.296. The van der Waals surface area contributed by atoms with Gasteiger partial charge in [0, 0.05) is 29.5 Å². The van der Waals surface area contributed by atoms with Crippen molar-refractivity contribution in [3.05, 3.63) is 63.0 Å². The molecule has 3 aromatic rings. The van der Waals surface area contributed by atoms with Gasteiger partial charge < -0.3 is 5.32 Å². The highest BCUT2D eigenvalue weighted by atomic mass is 79.9. The molecule has 0 atom stereocenters. The standard InChI is InChI=1S/C17H17BrClN5O/c1-3-23-10-14(18)16(22-23)17(25)20-15-8-11(2)24(21-15)9-12-4-6-13(19)7-5-12/h4-8,10H,3,9H2,1-2H3,(H,20,21,25). The molecule has 0 bridgehead atoms. The van der Waals surface area contributed by atoms with Gasteiger partial charge in [-0.3, -0.25) is 14.2 Å². The smallest absolute Gasteiger partial charge is 0.278 e. The van der Waals surface area contributed by atoms with Crippen LogP contribution in [0.15, 0.2) is 41.0 Å². The van der Waals surface area contributed by atoms with Crippen LogP contribution in [0, 0.1) is 6.92 Å². The van der Waals surface area contributed by atoms with E-state index < -0.39 is 0 Å². The number of aryl methyl sites for hydroxylation is 2. The van der Waals surface area contributed by atoms with Crippen LogP contribution < -0.4 is 5.32 Å². The monoisotopic (exact) mass is 421 g/mol. The molecule has 3 rings (SSSR count). The van der Waals surface area contributed by atoms with E-state index in [9.17, 15) is 4.79 Å². The predicted molar refractivity (Wildman–Crippen MR) is 101 cm³/mol. The fourth-order valence-electron chi connectivity index (χ4n) is 2.38. The van der Waals surface area contributed by atoms with Crippen LogP contribution in [0.1, 0.15) is 28.7 Å². The number of hydrogen-bond acceptors (Lipinski definition) is 3. The molecule has 130 valence electrons. The maximum atomic E-state index is 12.4. The predicted octanol–water partition coefficient (Wildman–Crippen LogP) is 4.12. The highest BCUT2D eigenvalue weighted by Crippen LogP contribution is 2.18. The summed E-state index contributed by atoms with van der Waals surface area (Å²) in [5.41, 5.74) is 2.37. The number of carbonyl (C=O) groups is 1. The van der Waals surface area contributed by atoms with E-state index in [1.807, 2.05) is 48.9 Å². The van der Waals surface area contributed by atoms with Gasteiger partial charge in [0.05, 0.1) is 11.0 Å². The number of aromatic nitrogens is 4. The molecule has 0 saturated heterocycles. The van der Waals surface area contributed by atoms with Gasteiger partial charge in [0.25, 0.3) is 5.91 Å². The molecular weight excluding hydrogens is 406 g/mol. The van der Waals surface area contributed by atoms with Crippen molar-refractivity contribution in [2.45, 2.75) is 26.9 Å². The summed E-state index contributed by atoms with van der Waals surface area (Å²) in [6.45, 7) is 5.21. The van der Waals surface area contributed by atoms with Crippen LogP contribution >= 0.6 is 27.5 Å². The van der Waals surface area contributed by atoms with E-state index in [4.69, 9.17) is 11.6 Å². The third-order valence-electron chi connectivity index (χ3n) is 3.72. The summed E-state index contributed by atoms with van der Waals surface area (Å²) in [6, 6.07) is 9.44. The van der Waals surface area contributed by atoms with Crippen molar-refractivity contribution < 1.29 is 4.79 Å². The first-order chi connectivity index (χ1) is 12.0. The molecule has 0 saturated carbocycles. The van der Waals surface area contributed by atoms with E-state index in [0.717, 1.165) is 11.3 Å². The van der Waals surface area contributed by atoms with E-state index in [0.29, 0.717) is 34.1 Å². The van der Waals surface area contributed by atoms with Crippen LogP contribution in [0.2, 0.25) is 5.02 Å². The molecular formula is C17H17BrClN5O. The Morgan fingerprint density at radius 2 is 2.00 bits per heavy atom. The quantitative estimate of drug-likeness (QED) is 0.672. The third kappa shape index (κ3) is 4.11. The largest absolute Gasteiger partial charge is 0.304 e. The number of rotatable bonds is 5. The molecule has 0 aliphatic rings. The van der Waals surface area contributed by atoms with Gasteiger partial charge in [-0.05, 0) is 47.5 Å². The highest BCUT2D eigenvalue weighted by Gasteiger charge is 2.16. The summed E-state index contributed by atoms with van der Waals surface area (Å²) in [4.78, 5) is 12.4. The molecule has 2 heterocycles. The van der Waals surface area contributed by atoms with Crippen LogP contribution in [-0.4, -0.2) is 25.5 Å². The Labute approximate surface area is 158 Å². The molecule has 1 N–H and O–H groups in total. The zero-order chi connectivity index (χ0) is 18.0. The number of halogens is 2. The summed E-state index contributed by atoms with van der Waals surface area (Å²) in [5, 5.41) is 12.2. The van der Waals surface area contributed by atoms with Gasteiger partial charge in [0.1, 0.15) is 0 Å². The van der Waals surface area contributed by atoms with Gasteiger partial charge in [-0.1, -0.05) is 23.7 Å². The molecule has 6 nitrogen and oxygen atoms in total. The average Bonchev–Trinajstić information content (AvgIpc) is 3.12. The molecule has 0 aliphatic carbocycles. The zero-order valence-corrected chi connectivity index (χ0v) is 16.2. The van der Waals surface area contributed by atoms with E-state index in [1.54, 1.807) is 10.9 Å². The molecule has 0 radical (unpaired) electrons. The number of anilines is 1. The second-order valence-electron chi connectivity index (χ2n) is 5.59. The van der Waals surface area contributed by atoms with E-state index in [1.165, 1.54) is 0 Å². The van der Waals surface area contributed by atoms with E-state index in [2.05, 4.69) is 31.4 Å². The summed E-state index contributed by atoms with van der Waals surface area (Å²) in [7, 11) is 0. The van der Waals surface area contributed by atoms with Crippen LogP contribution in [0.25, 0.3) is 0 Å². The molecule has 0 unspecified atom stereocenters. The van der Waals surface area contributed by atoms with Crippen LogP contribution in [0.5, 0.6) is 0 Å². The molecule has 8 heteroatoms. The first kappa shape index (κ1) is 17.7. The van der Waals surface area contributed by atoms with Gasteiger partial charge in [0.2, 0.25) is 0 Å². The summed E-state index contributed by atoms with van der Waals surface area (Å²) < 4.78 is 4.19. The van der Waals surface area contributed by atoms with Gasteiger partial charge in [0.15, 0.2) is 11.5 Å². The number of amides is 1. The number of hydrogen-bond donors (Lipinski definition) is 1. The van der Waals surface area contributed by atoms with Crippen molar-refractivity contribution in [2.24, 2.45) is 0 Å². The number of nitrogens with zero attached hydrogens (tertiary/aromatic N) is 4. The molecule has 0 aliphatic heterocycles. The van der Waals surface area contributed by atoms with E-state index >= 15 is 0 Å². The van der Waals surface area contributed by atoms with Crippen LogP contribution in [0.4, 0.5) is 5.82 Å². The summed E-state index contributed by atoms with van der Waals surface area (Å²) in [5.74, 6) is 0.199. The third-order valence-corrected chi connectivity index (χ3v) is 4.56. The minimum absolute atomic E-state index is 0.296. The molecule has 0 spiro atoms. The fourth-order valence-corrected chi connectivity index (χ4v) is 3.00. The van der Waals surface area contributed by atoms with Crippen molar-refractivity contribution in [3.8, 4) is 0 Å². The average molecular weight is 423 g/mol. The van der Waals surface area contributed by atoms with Gasteiger partial charge in [-0.25, -0.2) is 0 Å².